The monoisotopic (exact) mass is 877 g/mol. The van der Waals surface area contributed by atoms with Gasteiger partial charge in [0, 0.05) is 54.8 Å². The van der Waals surface area contributed by atoms with Crippen molar-refractivity contribution in [1.82, 2.24) is 41.5 Å². The average molecular weight is 878 g/mol. The molecule has 0 spiro atoms. The third-order valence-electron chi connectivity index (χ3n) is 11.8. The van der Waals surface area contributed by atoms with E-state index >= 15 is 0 Å². The number of H-pyrrole nitrogens is 1. The molecule has 3 aromatic carbocycles. The number of nitrogens with one attached hydrogen (secondary N) is 5. The minimum atomic E-state index is -0.867. The number of aromatic amines is 1. The highest BCUT2D eigenvalue weighted by Gasteiger charge is 2.31. The lowest BCUT2D eigenvalue weighted by Crippen LogP contribution is -2.48. The molecule has 1 aliphatic carbocycles. The lowest BCUT2D eigenvalue weighted by Gasteiger charge is -2.33. The molecular weight excluding hydrogens is 815 g/mol. The summed E-state index contributed by atoms with van der Waals surface area (Å²) in [5.41, 5.74) is 5.39. The third kappa shape index (κ3) is 13.1. The van der Waals surface area contributed by atoms with Crippen molar-refractivity contribution in [3.8, 4) is 22.5 Å². The molecule has 16 nitrogen and oxygen atoms in total. The zero-order valence-electron chi connectivity index (χ0n) is 38.3. The van der Waals surface area contributed by atoms with Crippen molar-refractivity contribution in [2.75, 3.05) is 25.0 Å². The van der Waals surface area contributed by atoms with Crippen molar-refractivity contribution in [2.45, 2.75) is 124 Å². The lowest BCUT2D eigenvalue weighted by atomic mass is 9.81. The highest BCUT2D eigenvalue weighted by molar-refractivity contribution is 5.98. The van der Waals surface area contributed by atoms with Gasteiger partial charge in [-0.15, -0.1) is 10.2 Å². The Morgan fingerprint density at radius 1 is 0.781 bits per heavy atom. The molecule has 5 amide bonds. The Hall–Kier alpha value is -6.32. The summed E-state index contributed by atoms with van der Waals surface area (Å²) in [6, 6.07) is 17.9. The van der Waals surface area contributed by atoms with Gasteiger partial charge in [-0.05, 0) is 163 Å². The molecule has 1 aromatic heterocycles. The number of piperidine rings is 1. The van der Waals surface area contributed by atoms with Crippen molar-refractivity contribution in [2.24, 2.45) is 11.8 Å². The Labute approximate surface area is 375 Å². The molecule has 2 heterocycles. The number of alkyl carbamates (subject to hydrolysis) is 1. The van der Waals surface area contributed by atoms with Gasteiger partial charge >= 0.3 is 12.2 Å². The summed E-state index contributed by atoms with van der Waals surface area (Å²) < 4.78 is 10.9. The van der Waals surface area contributed by atoms with Crippen molar-refractivity contribution in [3.05, 3.63) is 82.9 Å². The van der Waals surface area contributed by atoms with Crippen LogP contribution in [0.25, 0.3) is 22.5 Å². The molecule has 4 aromatic rings. The van der Waals surface area contributed by atoms with Gasteiger partial charge in [-0.2, -0.15) is 5.21 Å². The maximum absolute atomic E-state index is 13.9. The molecule has 0 radical (unpaired) electrons. The Morgan fingerprint density at radius 3 is 2.03 bits per heavy atom. The van der Waals surface area contributed by atoms with Gasteiger partial charge < -0.3 is 35.6 Å². The molecule has 6 rings (SSSR count). The highest BCUT2D eigenvalue weighted by atomic mass is 16.6. The van der Waals surface area contributed by atoms with E-state index in [1.54, 1.807) is 29.2 Å². The molecule has 2 aliphatic rings. The Kier molecular flexibility index (Phi) is 15.1. The van der Waals surface area contributed by atoms with Crippen LogP contribution in [0.15, 0.2) is 60.7 Å². The summed E-state index contributed by atoms with van der Waals surface area (Å²) in [6.45, 7) is 16.5. The lowest BCUT2D eigenvalue weighted by molar-refractivity contribution is -0.130. The van der Waals surface area contributed by atoms with Gasteiger partial charge in [0.05, 0.1) is 0 Å². The predicted molar refractivity (Wildman–Crippen MR) is 243 cm³/mol. The van der Waals surface area contributed by atoms with Crippen LogP contribution in [-0.2, 0) is 25.5 Å². The zero-order chi connectivity index (χ0) is 46.2. The van der Waals surface area contributed by atoms with Crippen LogP contribution in [-0.4, -0.2) is 98.4 Å². The first-order valence-electron chi connectivity index (χ1n) is 22.2. The van der Waals surface area contributed by atoms with Crippen molar-refractivity contribution >= 4 is 35.6 Å². The van der Waals surface area contributed by atoms with Gasteiger partial charge in [0.1, 0.15) is 17.2 Å². The molecule has 2 fully saturated rings. The second-order valence-corrected chi connectivity index (χ2v) is 19.0. The van der Waals surface area contributed by atoms with E-state index in [-0.39, 0.29) is 48.1 Å². The first-order chi connectivity index (χ1) is 30.3. The van der Waals surface area contributed by atoms with E-state index in [4.69, 9.17) is 9.47 Å². The number of carbonyl (C=O) groups is 5. The fraction of sp³-hybridized carbons (Fsp3) is 0.500. The highest BCUT2D eigenvalue weighted by Crippen LogP contribution is 2.31. The summed E-state index contributed by atoms with van der Waals surface area (Å²) in [4.78, 5) is 67.6. The van der Waals surface area contributed by atoms with E-state index in [2.05, 4.69) is 41.9 Å². The number of anilines is 1. The molecular formula is C48H63N9O7. The molecule has 1 saturated heterocycles. The zero-order valence-corrected chi connectivity index (χ0v) is 38.3. The quantitative estimate of drug-likeness (QED) is 0.0961. The van der Waals surface area contributed by atoms with E-state index in [0.29, 0.717) is 62.4 Å². The number of tetrazole rings is 1. The number of hydrogen-bond donors (Lipinski definition) is 5. The van der Waals surface area contributed by atoms with E-state index in [9.17, 15) is 24.0 Å². The molecule has 1 unspecified atom stereocenters. The minimum absolute atomic E-state index is 0.0491. The topological polar surface area (TPSA) is 210 Å². The number of hydrogen-bond acceptors (Lipinski definition) is 10. The van der Waals surface area contributed by atoms with Gasteiger partial charge in [-0.25, -0.2) is 9.59 Å². The summed E-state index contributed by atoms with van der Waals surface area (Å²) >= 11 is 0. The number of aromatic nitrogens is 4. The first-order valence-corrected chi connectivity index (χ1v) is 22.2. The fourth-order valence-electron chi connectivity index (χ4n) is 8.12. The van der Waals surface area contributed by atoms with E-state index in [1.807, 2.05) is 91.8 Å². The Morgan fingerprint density at radius 2 is 1.42 bits per heavy atom. The third-order valence-corrected chi connectivity index (χ3v) is 11.8. The predicted octanol–water partition coefficient (Wildman–Crippen LogP) is 7.28. The van der Waals surface area contributed by atoms with E-state index in [1.165, 1.54) is 0 Å². The number of likely N-dealkylation sites (tertiary alicyclic amines) is 1. The Bertz CT molecular complexity index is 2250. The smallest absolute Gasteiger partial charge is 0.410 e. The molecule has 16 heteroatoms. The van der Waals surface area contributed by atoms with Crippen LogP contribution in [0.2, 0.25) is 0 Å². The maximum atomic E-state index is 13.9. The van der Waals surface area contributed by atoms with Gasteiger partial charge in [0.25, 0.3) is 5.91 Å². The van der Waals surface area contributed by atoms with Crippen molar-refractivity contribution in [3.63, 3.8) is 0 Å². The standard InChI is InChI=1S/C48H63N9O7/c1-29-30(2)39(43(59)50-37-23-25-57(26-24-37)46(62)64-48(6,7)8)22-21-38(29)33-13-9-31(10-14-33)27-40(44(60)51-36-19-17-34(18-20-36)41-53-55-56-54-41)52-42(58)35-15-11-32(12-16-35)28-49-45(61)63-47(3,4)5/h9-10,13-14,17-22,32,35,37,40H,11-12,15-16,23-28H2,1-8H3,(H,49,61)(H,50,59)(H,51,60)(H,52,58)(H,53,54,55,56). The van der Waals surface area contributed by atoms with Gasteiger partial charge in [-0.3, -0.25) is 14.4 Å². The second-order valence-electron chi connectivity index (χ2n) is 19.0. The molecule has 64 heavy (non-hydrogen) atoms. The number of amides is 5. The van der Waals surface area contributed by atoms with Gasteiger partial charge in [-0.1, -0.05) is 30.3 Å². The van der Waals surface area contributed by atoms with Crippen molar-refractivity contribution in [1.29, 1.82) is 0 Å². The van der Waals surface area contributed by atoms with Gasteiger partial charge in [0.15, 0.2) is 0 Å². The molecule has 342 valence electrons. The van der Waals surface area contributed by atoms with Crippen LogP contribution in [0, 0.1) is 25.7 Å². The summed E-state index contributed by atoms with van der Waals surface area (Å²) in [5.74, 6) is -0.279. The number of rotatable bonds is 12. The van der Waals surface area contributed by atoms with Gasteiger partial charge in [0.2, 0.25) is 17.6 Å². The number of nitrogens with zero attached hydrogens (tertiary/aromatic N) is 4. The number of carbonyl (C=O) groups excluding carboxylic acids is 5. The molecule has 0 bridgehead atoms. The number of ether oxygens (including phenoxy) is 2. The Balaban J connectivity index is 1.09. The van der Waals surface area contributed by atoms with Crippen LogP contribution in [0.1, 0.15) is 107 Å². The van der Waals surface area contributed by atoms with Crippen molar-refractivity contribution < 1.29 is 33.4 Å². The first kappa shape index (κ1) is 47.2. The average Bonchev–Trinajstić information content (AvgIpc) is 3.79. The van der Waals surface area contributed by atoms with E-state index < -0.39 is 23.3 Å². The normalized spacial score (nSPS) is 17.5. The minimum Gasteiger partial charge on any atom is -0.444 e. The summed E-state index contributed by atoms with van der Waals surface area (Å²) in [7, 11) is 0. The summed E-state index contributed by atoms with van der Waals surface area (Å²) in [6.07, 6.45) is 3.57. The van der Waals surface area contributed by atoms with Crippen LogP contribution in [0.3, 0.4) is 0 Å². The van der Waals surface area contributed by atoms with Crippen LogP contribution in [0.5, 0.6) is 0 Å². The second kappa shape index (κ2) is 20.5. The largest absolute Gasteiger partial charge is 0.444 e. The SMILES string of the molecule is Cc1c(C(=O)NC2CCN(C(=O)OC(C)(C)C)CC2)ccc(-c2ccc(CC(NC(=O)C3CCC(CNC(=O)OC(C)(C)C)CC3)C(=O)Nc3ccc(-c4nn[nH]n4)cc3)cc2)c1C. The van der Waals surface area contributed by atoms with Crippen LogP contribution in [0.4, 0.5) is 15.3 Å². The summed E-state index contributed by atoms with van der Waals surface area (Å²) in [5, 5.41) is 26.1. The van der Waals surface area contributed by atoms with E-state index in [0.717, 1.165) is 46.2 Å². The molecule has 1 saturated carbocycles. The molecule has 1 aliphatic heterocycles. The molecule has 5 N–H and O–H groups in total. The number of benzene rings is 3. The van der Waals surface area contributed by atoms with Crippen LogP contribution < -0.4 is 21.3 Å². The van der Waals surface area contributed by atoms with Crippen LogP contribution >= 0.6 is 0 Å². The molecule has 1 atom stereocenters. The fourth-order valence-corrected chi connectivity index (χ4v) is 8.12. The maximum Gasteiger partial charge on any atom is 0.410 e.